The van der Waals surface area contributed by atoms with Crippen LogP contribution < -0.4 is 0 Å². The summed E-state index contributed by atoms with van der Waals surface area (Å²) in [5, 5.41) is 10.8. The fraction of sp³-hybridized carbons (Fsp3) is 1.00. The molecule has 0 bridgehead atoms. The molecule has 0 amide bonds. The van der Waals surface area contributed by atoms with Crippen molar-refractivity contribution < 1.29 is 5.11 Å². The van der Waals surface area contributed by atoms with Crippen molar-refractivity contribution in [2.75, 3.05) is 0 Å². The molecule has 1 heteroatoms. The highest BCUT2D eigenvalue weighted by Crippen LogP contribution is 2.66. The minimum absolute atomic E-state index is 0.0141. The summed E-state index contributed by atoms with van der Waals surface area (Å²) in [6.07, 6.45) is 13.8. The Bertz CT molecular complexity index is 391. The van der Waals surface area contributed by atoms with Crippen LogP contribution in [-0.2, 0) is 0 Å². The molecule has 0 aromatic heterocycles. The van der Waals surface area contributed by atoms with Gasteiger partial charge in [-0.05, 0) is 85.9 Å². The molecular formula is C19H32O. The fourth-order valence-corrected chi connectivity index (χ4v) is 7.31. The van der Waals surface area contributed by atoms with E-state index in [2.05, 4.69) is 13.8 Å². The van der Waals surface area contributed by atoms with Crippen LogP contribution in [0.15, 0.2) is 0 Å². The lowest BCUT2D eigenvalue weighted by molar-refractivity contribution is -0.159. The summed E-state index contributed by atoms with van der Waals surface area (Å²) in [5.41, 5.74) is 0.912. The zero-order chi connectivity index (χ0) is 14.0. The molecule has 7 atom stereocenters. The van der Waals surface area contributed by atoms with Crippen molar-refractivity contribution in [3.63, 3.8) is 0 Å². The quantitative estimate of drug-likeness (QED) is 0.675. The minimum atomic E-state index is -0.0141. The number of hydrogen-bond acceptors (Lipinski definition) is 1. The molecule has 0 aromatic carbocycles. The van der Waals surface area contributed by atoms with Gasteiger partial charge in [0.05, 0.1) is 6.10 Å². The van der Waals surface area contributed by atoms with E-state index in [1.165, 1.54) is 57.8 Å². The molecule has 1 N–H and O–H groups in total. The predicted octanol–water partition coefficient (Wildman–Crippen LogP) is 4.78. The minimum Gasteiger partial charge on any atom is -0.393 e. The van der Waals surface area contributed by atoms with Gasteiger partial charge in [0.25, 0.3) is 0 Å². The average Bonchev–Trinajstić information content (AvgIpc) is 2.82. The van der Waals surface area contributed by atoms with E-state index in [4.69, 9.17) is 0 Å². The Morgan fingerprint density at radius 1 is 0.800 bits per heavy atom. The zero-order valence-corrected chi connectivity index (χ0v) is 13.4. The summed E-state index contributed by atoms with van der Waals surface area (Å²) in [7, 11) is 0. The second kappa shape index (κ2) is 4.48. The second-order valence-corrected chi connectivity index (χ2v) is 9.05. The lowest BCUT2D eigenvalue weighted by Gasteiger charge is -2.61. The molecule has 0 aromatic rings. The van der Waals surface area contributed by atoms with Crippen LogP contribution in [0.2, 0.25) is 0 Å². The molecule has 0 aliphatic heterocycles. The van der Waals surface area contributed by atoms with E-state index in [1.807, 2.05) is 0 Å². The van der Waals surface area contributed by atoms with Crippen molar-refractivity contribution in [2.45, 2.75) is 84.2 Å². The molecule has 0 heterocycles. The van der Waals surface area contributed by atoms with Crippen LogP contribution in [0.4, 0.5) is 0 Å². The summed E-state index contributed by atoms with van der Waals surface area (Å²) in [4.78, 5) is 0. The van der Waals surface area contributed by atoms with Crippen LogP contribution in [0.25, 0.3) is 0 Å². The summed E-state index contributed by atoms with van der Waals surface area (Å²) in [5.74, 6) is 3.56. The van der Waals surface area contributed by atoms with Gasteiger partial charge in [0.15, 0.2) is 0 Å². The Kier molecular flexibility index (Phi) is 3.05. The summed E-state index contributed by atoms with van der Waals surface area (Å²) < 4.78 is 0. The highest BCUT2D eigenvalue weighted by molar-refractivity contribution is 5.08. The number of rotatable bonds is 0. The lowest BCUT2D eigenvalue weighted by Crippen LogP contribution is -2.57. The van der Waals surface area contributed by atoms with E-state index in [9.17, 15) is 5.11 Å². The third-order valence-electron chi connectivity index (χ3n) is 8.49. The van der Waals surface area contributed by atoms with Gasteiger partial charge in [0.1, 0.15) is 0 Å². The molecule has 4 saturated carbocycles. The molecule has 0 radical (unpaired) electrons. The third kappa shape index (κ3) is 1.65. The van der Waals surface area contributed by atoms with Crippen LogP contribution in [-0.4, -0.2) is 11.2 Å². The van der Waals surface area contributed by atoms with Gasteiger partial charge in [-0.3, -0.25) is 0 Å². The molecule has 7 unspecified atom stereocenters. The smallest absolute Gasteiger partial charge is 0.0599 e. The Morgan fingerprint density at radius 2 is 1.65 bits per heavy atom. The number of hydrogen-bond donors (Lipinski definition) is 1. The van der Waals surface area contributed by atoms with Gasteiger partial charge < -0.3 is 5.11 Å². The first-order valence-corrected chi connectivity index (χ1v) is 9.24. The first-order chi connectivity index (χ1) is 9.56. The molecule has 0 saturated heterocycles. The van der Waals surface area contributed by atoms with Crippen molar-refractivity contribution in [1.29, 1.82) is 0 Å². The van der Waals surface area contributed by atoms with Crippen molar-refractivity contribution in [1.82, 2.24) is 0 Å². The van der Waals surface area contributed by atoms with E-state index in [0.717, 1.165) is 30.1 Å². The molecule has 1 nitrogen and oxygen atoms in total. The summed E-state index contributed by atoms with van der Waals surface area (Å²) in [6, 6.07) is 0. The highest BCUT2D eigenvalue weighted by Gasteiger charge is 2.59. The third-order valence-corrected chi connectivity index (χ3v) is 8.49. The van der Waals surface area contributed by atoms with Gasteiger partial charge in [0.2, 0.25) is 0 Å². The summed E-state index contributed by atoms with van der Waals surface area (Å²) >= 11 is 0. The largest absolute Gasteiger partial charge is 0.393 e. The Labute approximate surface area is 124 Å². The standard InChI is InChI=1S/C19H32O/c1-18-11-4-6-15(18)14-9-8-13-5-3-7-17(20)19(13,2)16(14)10-12-18/h13-17,20H,3-12H2,1-2H3. The van der Waals surface area contributed by atoms with Crippen LogP contribution in [0.3, 0.4) is 0 Å². The highest BCUT2D eigenvalue weighted by atomic mass is 16.3. The number of aliphatic hydroxyl groups is 1. The second-order valence-electron chi connectivity index (χ2n) is 9.05. The molecule has 114 valence electrons. The maximum absolute atomic E-state index is 10.8. The Balaban J connectivity index is 1.67. The van der Waals surface area contributed by atoms with Crippen LogP contribution in [0, 0.1) is 34.5 Å². The van der Waals surface area contributed by atoms with Gasteiger partial charge in [-0.1, -0.05) is 26.7 Å². The van der Waals surface area contributed by atoms with E-state index in [-0.39, 0.29) is 11.5 Å². The monoisotopic (exact) mass is 276 g/mol. The number of fused-ring (bicyclic) bond motifs is 5. The maximum atomic E-state index is 10.8. The van der Waals surface area contributed by atoms with Crippen LogP contribution in [0.5, 0.6) is 0 Å². The van der Waals surface area contributed by atoms with Crippen LogP contribution in [0.1, 0.15) is 78.1 Å². The molecule has 4 aliphatic rings. The van der Waals surface area contributed by atoms with Crippen molar-refractivity contribution in [3.8, 4) is 0 Å². The fourth-order valence-electron chi connectivity index (χ4n) is 7.31. The average molecular weight is 276 g/mol. The Hall–Kier alpha value is -0.0400. The first-order valence-electron chi connectivity index (χ1n) is 9.24. The normalized spacial score (nSPS) is 58.6. The molecule has 4 aliphatic carbocycles. The van der Waals surface area contributed by atoms with E-state index in [1.54, 1.807) is 0 Å². The van der Waals surface area contributed by atoms with E-state index >= 15 is 0 Å². The Morgan fingerprint density at radius 3 is 2.50 bits per heavy atom. The van der Waals surface area contributed by atoms with Gasteiger partial charge in [-0.15, -0.1) is 0 Å². The van der Waals surface area contributed by atoms with Crippen molar-refractivity contribution >= 4 is 0 Å². The predicted molar refractivity (Wildman–Crippen MR) is 82.4 cm³/mol. The van der Waals surface area contributed by atoms with Gasteiger partial charge in [-0.2, -0.15) is 0 Å². The van der Waals surface area contributed by atoms with Gasteiger partial charge in [0, 0.05) is 0 Å². The van der Waals surface area contributed by atoms with E-state index < -0.39 is 0 Å². The molecule has 20 heavy (non-hydrogen) atoms. The lowest BCUT2D eigenvalue weighted by atomic mass is 9.45. The first kappa shape index (κ1) is 13.6. The summed E-state index contributed by atoms with van der Waals surface area (Å²) in [6.45, 7) is 5.04. The molecule has 0 spiro atoms. The van der Waals surface area contributed by atoms with Crippen molar-refractivity contribution in [3.05, 3.63) is 0 Å². The van der Waals surface area contributed by atoms with Gasteiger partial charge >= 0.3 is 0 Å². The molecular weight excluding hydrogens is 244 g/mol. The SMILES string of the molecule is CC12CCCC1C1CCC3CCCC(O)C3(C)C1CC2. The van der Waals surface area contributed by atoms with Gasteiger partial charge in [-0.25, -0.2) is 0 Å². The van der Waals surface area contributed by atoms with E-state index in [0.29, 0.717) is 5.41 Å². The zero-order valence-electron chi connectivity index (χ0n) is 13.4. The molecule has 4 fully saturated rings. The molecule has 4 rings (SSSR count). The van der Waals surface area contributed by atoms with Crippen molar-refractivity contribution in [2.24, 2.45) is 34.5 Å². The number of aliphatic hydroxyl groups excluding tert-OH is 1. The maximum Gasteiger partial charge on any atom is 0.0599 e. The van der Waals surface area contributed by atoms with Crippen LogP contribution >= 0.6 is 0 Å². The topological polar surface area (TPSA) is 20.2 Å².